The molecule has 2 aromatic rings. The van der Waals surface area contributed by atoms with Crippen LogP contribution in [0.2, 0.25) is 0 Å². The highest BCUT2D eigenvalue weighted by Gasteiger charge is 2.36. The van der Waals surface area contributed by atoms with E-state index in [1.165, 1.54) is 0 Å². The highest BCUT2D eigenvalue weighted by molar-refractivity contribution is 5.98. The fourth-order valence-corrected chi connectivity index (χ4v) is 5.00. The number of hydrogen-bond acceptors (Lipinski definition) is 4. The van der Waals surface area contributed by atoms with E-state index in [4.69, 9.17) is 4.74 Å². The number of likely N-dealkylation sites (tertiary alicyclic amines) is 2. The lowest BCUT2D eigenvalue weighted by atomic mass is 9.87. The van der Waals surface area contributed by atoms with Crippen molar-refractivity contribution < 1.29 is 19.1 Å². The number of amides is 3. The normalized spacial score (nSPS) is 17.5. The molecule has 186 valence electrons. The quantitative estimate of drug-likeness (QED) is 0.689. The number of rotatable bonds is 6. The van der Waals surface area contributed by atoms with Crippen molar-refractivity contribution in [1.29, 1.82) is 0 Å². The third-order valence-corrected chi connectivity index (χ3v) is 7.15. The van der Waals surface area contributed by atoms with Gasteiger partial charge in [-0.3, -0.25) is 14.4 Å². The summed E-state index contributed by atoms with van der Waals surface area (Å²) in [5.41, 5.74) is 2.23. The number of hydrogen-bond donors (Lipinski definition) is 1. The summed E-state index contributed by atoms with van der Waals surface area (Å²) in [6.07, 6.45) is 4.45. The number of benzene rings is 2. The molecule has 0 saturated carbocycles. The summed E-state index contributed by atoms with van der Waals surface area (Å²) in [5.74, 6) is 0.368. The van der Waals surface area contributed by atoms with Gasteiger partial charge in [0.1, 0.15) is 11.8 Å². The molecular weight excluding hydrogens is 442 g/mol. The second-order valence-electron chi connectivity index (χ2n) is 9.56. The summed E-state index contributed by atoms with van der Waals surface area (Å²) in [5, 5.41) is 3.06. The molecule has 2 fully saturated rings. The summed E-state index contributed by atoms with van der Waals surface area (Å²) in [6.45, 7) is 4.55. The second-order valence-corrected chi connectivity index (χ2v) is 9.56. The first kappa shape index (κ1) is 24.8. The fourth-order valence-electron chi connectivity index (χ4n) is 5.00. The Bertz CT molecular complexity index is 1040. The number of aryl methyl sites for hydroxylation is 1. The van der Waals surface area contributed by atoms with Crippen LogP contribution in [-0.4, -0.2) is 66.9 Å². The molecule has 2 aromatic carbocycles. The van der Waals surface area contributed by atoms with Crippen molar-refractivity contribution in [2.24, 2.45) is 5.92 Å². The van der Waals surface area contributed by atoms with Gasteiger partial charge in [-0.2, -0.15) is 0 Å². The van der Waals surface area contributed by atoms with Crippen LogP contribution >= 0.6 is 0 Å². The molecule has 0 bridgehead atoms. The average molecular weight is 478 g/mol. The molecular formula is C28H35N3O4. The number of ether oxygens (including phenoxy) is 1. The third-order valence-electron chi connectivity index (χ3n) is 7.15. The van der Waals surface area contributed by atoms with Crippen LogP contribution in [0.5, 0.6) is 5.75 Å². The van der Waals surface area contributed by atoms with E-state index in [9.17, 15) is 14.4 Å². The standard InChI is InChI=1S/C28H35N3O4/c1-20-9-11-22(12-10-20)26(32)29-25(28(34)30-15-4-3-5-16-30)21-13-17-31(18-14-21)27(33)23-7-6-8-24(19-23)35-2/h6-12,19,21,25H,3-5,13-18H2,1-2H3,(H,29,32). The number of methoxy groups -OCH3 is 1. The molecule has 1 atom stereocenters. The minimum atomic E-state index is -0.587. The largest absolute Gasteiger partial charge is 0.497 e. The number of nitrogens with zero attached hydrogens (tertiary/aromatic N) is 2. The Kier molecular flexibility index (Phi) is 8.06. The lowest BCUT2D eigenvalue weighted by Crippen LogP contribution is -2.55. The van der Waals surface area contributed by atoms with Crippen molar-refractivity contribution in [3.05, 3.63) is 65.2 Å². The Balaban J connectivity index is 1.46. The Labute approximate surface area is 207 Å². The van der Waals surface area contributed by atoms with Crippen molar-refractivity contribution >= 4 is 17.7 Å². The number of carbonyl (C=O) groups excluding carboxylic acids is 3. The van der Waals surface area contributed by atoms with Crippen molar-refractivity contribution in [2.45, 2.75) is 45.1 Å². The van der Waals surface area contributed by atoms with E-state index in [2.05, 4.69) is 5.32 Å². The number of nitrogens with one attached hydrogen (secondary N) is 1. The van der Waals surface area contributed by atoms with Crippen LogP contribution in [0.4, 0.5) is 0 Å². The first-order chi connectivity index (χ1) is 17.0. The molecule has 0 spiro atoms. The van der Waals surface area contributed by atoms with E-state index in [1.807, 2.05) is 41.0 Å². The second kappa shape index (κ2) is 11.4. The van der Waals surface area contributed by atoms with Crippen molar-refractivity contribution in [1.82, 2.24) is 15.1 Å². The van der Waals surface area contributed by atoms with Crippen LogP contribution in [0, 0.1) is 12.8 Å². The van der Waals surface area contributed by atoms with Crippen LogP contribution < -0.4 is 10.1 Å². The Morgan fingerprint density at radius 2 is 1.57 bits per heavy atom. The van der Waals surface area contributed by atoms with Gasteiger partial charge in [0.2, 0.25) is 5.91 Å². The molecule has 2 saturated heterocycles. The maximum Gasteiger partial charge on any atom is 0.253 e. The maximum absolute atomic E-state index is 13.5. The van der Waals surface area contributed by atoms with Gasteiger partial charge in [-0.05, 0) is 75.3 Å². The topological polar surface area (TPSA) is 79.0 Å². The fraction of sp³-hybridized carbons (Fsp3) is 0.464. The van der Waals surface area contributed by atoms with E-state index < -0.39 is 6.04 Å². The molecule has 0 aliphatic carbocycles. The SMILES string of the molecule is COc1cccc(C(=O)N2CCC(C(NC(=O)c3ccc(C)cc3)C(=O)N3CCCCC3)CC2)c1. The Morgan fingerprint density at radius 3 is 2.23 bits per heavy atom. The molecule has 1 unspecified atom stereocenters. The first-order valence-electron chi connectivity index (χ1n) is 12.6. The van der Waals surface area contributed by atoms with Crippen LogP contribution in [0.25, 0.3) is 0 Å². The van der Waals surface area contributed by atoms with Gasteiger partial charge >= 0.3 is 0 Å². The molecule has 35 heavy (non-hydrogen) atoms. The molecule has 0 aromatic heterocycles. The highest BCUT2D eigenvalue weighted by atomic mass is 16.5. The summed E-state index contributed by atoms with van der Waals surface area (Å²) in [6, 6.07) is 14.0. The zero-order valence-corrected chi connectivity index (χ0v) is 20.7. The summed E-state index contributed by atoms with van der Waals surface area (Å²) in [4.78, 5) is 43.4. The summed E-state index contributed by atoms with van der Waals surface area (Å²) in [7, 11) is 1.58. The Morgan fingerprint density at radius 1 is 0.886 bits per heavy atom. The minimum Gasteiger partial charge on any atom is -0.497 e. The van der Waals surface area contributed by atoms with Crippen molar-refractivity contribution in [3.63, 3.8) is 0 Å². The number of carbonyl (C=O) groups is 3. The van der Waals surface area contributed by atoms with Gasteiger partial charge in [-0.1, -0.05) is 23.8 Å². The van der Waals surface area contributed by atoms with Crippen LogP contribution in [0.1, 0.15) is 58.4 Å². The molecule has 1 N–H and O–H groups in total. The predicted molar refractivity (Wildman–Crippen MR) is 134 cm³/mol. The van der Waals surface area contributed by atoms with Crippen LogP contribution in [0.15, 0.2) is 48.5 Å². The molecule has 3 amide bonds. The van der Waals surface area contributed by atoms with Gasteiger partial charge in [0.05, 0.1) is 7.11 Å². The average Bonchev–Trinajstić information content (AvgIpc) is 2.92. The highest BCUT2D eigenvalue weighted by Crippen LogP contribution is 2.25. The van der Waals surface area contributed by atoms with Gasteiger partial charge in [-0.25, -0.2) is 0 Å². The molecule has 2 aliphatic rings. The summed E-state index contributed by atoms with van der Waals surface area (Å²) >= 11 is 0. The molecule has 7 heteroatoms. The summed E-state index contributed by atoms with van der Waals surface area (Å²) < 4.78 is 5.25. The van der Waals surface area contributed by atoms with Gasteiger partial charge in [0.25, 0.3) is 11.8 Å². The van der Waals surface area contributed by atoms with E-state index in [0.29, 0.717) is 42.8 Å². The first-order valence-corrected chi connectivity index (χ1v) is 12.6. The minimum absolute atomic E-state index is 0.00253. The lowest BCUT2D eigenvalue weighted by Gasteiger charge is -2.38. The molecule has 0 radical (unpaired) electrons. The smallest absolute Gasteiger partial charge is 0.253 e. The van der Waals surface area contributed by atoms with Gasteiger partial charge in [0.15, 0.2) is 0 Å². The third kappa shape index (κ3) is 6.02. The lowest BCUT2D eigenvalue weighted by molar-refractivity contribution is -0.136. The van der Waals surface area contributed by atoms with Gasteiger partial charge in [0, 0.05) is 37.3 Å². The zero-order valence-electron chi connectivity index (χ0n) is 20.7. The van der Waals surface area contributed by atoms with Crippen LogP contribution in [-0.2, 0) is 4.79 Å². The van der Waals surface area contributed by atoms with E-state index in [1.54, 1.807) is 31.4 Å². The van der Waals surface area contributed by atoms with Gasteiger partial charge < -0.3 is 19.9 Å². The molecule has 4 rings (SSSR count). The predicted octanol–water partition coefficient (Wildman–Crippen LogP) is 3.67. The van der Waals surface area contributed by atoms with Crippen LogP contribution in [0.3, 0.4) is 0 Å². The van der Waals surface area contributed by atoms with E-state index >= 15 is 0 Å². The monoisotopic (exact) mass is 477 g/mol. The maximum atomic E-state index is 13.5. The van der Waals surface area contributed by atoms with Crippen molar-refractivity contribution in [2.75, 3.05) is 33.3 Å². The zero-order chi connectivity index (χ0) is 24.8. The molecule has 2 aliphatic heterocycles. The van der Waals surface area contributed by atoms with E-state index in [0.717, 1.165) is 37.9 Å². The Hall–Kier alpha value is -3.35. The van der Waals surface area contributed by atoms with Gasteiger partial charge in [-0.15, -0.1) is 0 Å². The molecule has 7 nitrogen and oxygen atoms in total. The van der Waals surface area contributed by atoms with E-state index in [-0.39, 0.29) is 23.6 Å². The molecule has 2 heterocycles. The van der Waals surface area contributed by atoms with Crippen molar-refractivity contribution in [3.8, 4) is 5.75 Å². The number of piperidine rings is 2.